The fourth-order valence-corrected chi connectivity index (χ4v) is 7.49. The minimum atomic E-state index is -0.646. The van der Waals surface area contributed by atoms with Gasteiger partial charge in [0.15, 0.2) is 5.58 Å². The smallest absolute Gasteiger partial charge is 0.159 e. The number of fused-ring (bicyclic) bond motifs is 9. The third-order valence-corrected chi connectivity index (χ3v) is 9.71. The maximum Gasteiger partial charge on any atom is 0.159 e. The molecule has 11 aromatic rings. The molecule has 0 spiro atoms. The summed E-state index contributed by atoms with van der Waals surface area (Å²) in [6, 6.07) is 32.4. The Kier molecular flexibility index (Phi) is 4.11. The van der Waals surface area contributed by atoms with Crippen LogP contribution in [0.3, 0.4) is 0 Å². The summed E-state index contributed by atoms with van der Waals surface area (Å²) < 4.78 is 107. The molecule has 11 rings (SSSR count). The van der Waals surface area contributed by atoms with Gasteiger partial charge in [0, 0.05) is 38.0 Å². The van der Waals surface area contributed by atoms with Crippen LogP contribution in [0.15, 0.2) is 186 Å². The summed E-state index contributed by atoms with van der Waals surface area (Å²) in [6.07, 6.45) is 0. The van der Waals surface area contributed by atoms with Crippen molar-refractivity contribution in [2.75, 3.05) is 0 Å². The van der Waals surface area contributed by atoms with Crippen molar-refractivity contribution in [3.8, 4) is 33.6 Å². The molecule has 8 aromatic carbocycles. The molecule has 0 bridgehead atoms. The second kappa shape index (κ2) is 10.8. The first-order valence-corrected chi connectivity index (χ1v) is 16.5. The van der Waals surface area contributed by atoms with Gasteiger partial charge in [-0.25, -0.2) is 0 Å². The van der Waals surface area contributed by atoms with Crippen LogP contribution < -0.4 is 0 Å². The Morgan fingerprint density at radius 1 is 0.412 bits per heavy atom. The Morgan fingerprint density at radius 3 is 1.90 bits per heavy atom. The number of rotatable bonds is 4. The van der Waals surface area contributed by atoms with Crippen LogP contribution >= 0.6 is 0 Å². The van der Waals surface area contributed by atoms with E-state index in [4.69, 9.17) is 16.8 Å². The molecule has 0 saturated heterocycles. The standard InChI is InChI=1S/C48H30N2O/c1-3-13-31(14-4-1)34-28-41-39-19-9-12-22-47(39)51-48(41)46(30-34)50-43-21-11-8-18-37(43)40-27-32(24-26-44(40)50)33-23-25-38-36-17-7-10-20-42(36)49(45(38)29-33)35-15-5-2-6-16-35/h1-30H/i1D,3D,4D,9D,12D,13D,14D,19D,22D,28D,30D. The second-order valence-corrected chi connectivity index (χ2v) is 12.5. The van der Waals surface area contributed by atoms with Gasteiger partial charge in [-0.15, -0.1) is 0 Å². The number of benzene rings is 8. The first-order valence-electron chi connectivity index (χ1n) is 22.0. The van der Waals surface area contributed by atoms with E-state index in [-0.39, 0.29) is 44.8 Å². The molecular formula is C48H30N2O. The zero-order chi connectivity index (χ0) is 43.0. The molecule has 3 nitrogen and oxygen atoms in total. The maximum absolute atomic E-state index is 9.87. The number of nitrogens with zero attached hydrogens (tertiary/aromatic N) is 2. The van der Waals surface area contributed by atoms with Crippen LogP contribution in [0, 0.1) is 0 Å². The minimum absolute atomic E-state index is 0.0404. The lowest BCUT2D eigenvalue weighted by molar-refractivity contribution is 0.666. The first-order chi connectivity index (χ1) is 29.9. The molecule has 238 valence electrons. The van der Waals surface area contributed by atoms with Gasteiger partial charge in [-0.1, -0.05) is 121 Å². The van der Waals surface area contributed by atoms with E-state index in [0.29, 0.717) is 11.0 Å². The van der Waals surface area contributed by atoms with Gasteiger partial charge in [-0.2, -0.15) is 0 Å². The van der Waals surface area contributed by atoms with Crippen LogP contribution in [0.25, 0.3) is 99.2 Å². The highest BCUT2D eigenvalue weighted by Gasteiger charge is 2.20. The molecule has 51 heavy (non-hydrogen) atoms. The zero-order valence-corrected chi connectivity index (χ0v) is 26.8. The number of hydrogen-bond donors (Lipinski definition) is 0. The summed E-state index contributed by atoms with van der Waals surface area (Å²) in [4.78, 5) is 0. The Balaban J connectivity index is 1.24. The lowest BCUT2D eigenvalue weighted by atomic mass is 10.0. The Labute approximate surface area is 309 Å². The highest BCUT2D eigenvalue weighted by atomic mass is 16.3. The van der Waals surface area contributed by atoms with Crippen molar-refractivity contribution in [3.63, 3.8) is 0 Å². The van der Waals surface area contributed by atoms with Gasteiger partial charge < -0.3 is 13.6 Å². The van der Waals surface area contributed by atoms with Crippen molar-refractivity contribution < 1.29 is 19.5 Å². The van der Waals surface area contributed by atoms with Crippen molar-refractivity contribution in [1.82, 2.24) is 9.13 Å². The van der Waals surface area contributed by atoms with Crippen LogP contribution in [0.2, 0.25) is 0 Å². The molecule has 3 aromatic heterocycles. The first kappa shape index (κ1) is 19.4. The van der Waals surface area contributed by atoms with Gasteiger partial charge >= 0.3 is 0 Å². The largest absolute Gasteiger partial charge is 0.454 e. The van der Waals surface area contributed by atoms with Gasteiger partial charge in [-0.3, -0.25) is 0 Å². The van der Waals surface area contributed by atoms with Crippen molar-refractivity contribution in [2.24, 2.45) is 0 Å². The fraction of sp³-hybridized carbons (Fsp3) is 0. The number of para-hydroxylation sites is 4. The summed E-state index contributed by atoms with van der Waals surface area (Å²) in [5, 5.41) is 3.65. The van der Waals surface area contributed by atoms with E-state index < -0.39 is 60.4 Å². The monoisotopic (exact) mass is 661 g/mol. The van der Waals surface area contributed by atoms with Crippen molar-refractivity contribution in [2.45, 2.75) is 0 Å². The van der Waals surface area contributed by atoms with E-state index in [0.717, 1.165) is 49.4 Å². The minimum Gasteiger partial charge on any atom is -0.454 e. The zero-order valence-electron chi connectivity index (χ0n) is 37.8. The summed E-state index contributed by atoms with van der Waals surface area (Å²) in [7, 11) is 0. The quantitative estimate of drug-likeness (QED) is 0.184. The molecule has 0 aliphatic heterocycles. The molecule has 0 N–H and O–H groups in total. The highest BCUT2D eigenvalue weighted by Crippen LogP contribution is 2.42. The van der Waals surface area contributed by atoms with E-state index in [1.807, 2.05) is 66.7 Å². The van der Waals surface area contributed by atoms with Gasteiger partial charge in [-0.05, 0) is 82.8 Å². The van der Waals surface area contributed by atoms with Gasteiger partial charge in [0.2, 0.25) is 0 Å². The summed E-state index contributed by atoms with van der Waals surface area (Å²) >= 11 is 0. The molecule has 0 saturated carbocycles. The Bertz CT molecular complexity index is 3750. The van der Waals surface area contributed by atoms with E-state index in [1.165, 1.54) is 0 Å². The van der Waals surface area contributed by atoms with Crippen LogP contribution in [-0.4, -0.2) is 9.13 Å². The SMILES string of the molecule is [2H]c1c([2H])c([2H])c(-c2c([2H])c(-n3c4ccccc4c4cc(-c5ccc6c7ccccc7n(-c7ccccc7)c6c5)ccc43)c3oc4c([2H])c([2H])c([2H])c([2H])c4c3c2[2H])c([2H])c1[2H]. The van der Waals surface area contributed by atoms with Crippen LogP contribution in [0.4, 0.5) is 0 Å². The average molecular weight is 662 g/mol. The summed E-state index contributed by atoms with van der Waals surface area (Å²) in [6.45, 7) is 0. The van der Waals surface area contributed by atoms with Gasteiger partial charge in [0.05, 0.1) is 42.8 Å². The van der Waals surface area contributed by atoms with Gasteiger partial charge in [0.1, 0.15) is 5.58 Å². The maximum atomic E-state index is 9.87. The van der Waals surface area contributed by atoms with E-state index >= 15 is 0 Å². The highest BCUT2D eigenvalue weighted by molar-refractivity contribution is 6.15. The third kappa shape index (κ3) is 4.19. The van der Waals surface area contributed by atoms with Crippen LogP contribution in [0.5, 0.6) is 0 Å². The molecule has 0 amide bonds. The summed E-state index contributed by atoms with van der Waals surface area (Å²) in [5.74, 6) is 0. The second-order valence-electron chi connectivity index (χ2n) is 12.5. The third-order valence-electron chi connectivity index (χ3n) is 9.71. The number of aromatic nitrogens is 2. The topological polar surface area (TPSA) is 23.0 Å². The number of hydrogen-bond acceptors (Lipinski definition) is 1. The predicted octanol–water partition coefficient (Wildman–Crippen LogP) is 13.1. The lowest BCUT2D eigenvalue weighted by Crippen LogP contribution is -1.96. The number of furan rings is 1. The molecular weight excluding hydrogens is 621 g/mol. The predicted molar refractivity (Wildman–Crippen MR) is 213 cm³/mol. The fourth-order valence-electron chi connectivity index (χ4n) is 7.49. The normalized spacial score (nSPS) is 14.9. The van der Waals surface area contributed by atoms with Crippen molar-refractivity contribution >= 4 is 65.6 Å². The molecule has 0 unspecified atom stereocenters. The Morgan fingerprint density at radius 2 is 1.06 bits per heavy atom. The van der Waals surface area contributed by atoms with Crippen LogP contribution in [0.1, 0.15) is 15.1 Å². The molecule has 3 heteroatoms. The molecule has 0 fully saturated rings. The average Bonchev–Trinajstić information content (AvgIpc) is 3.96. The Hall–Kier alpha value is -6.84. The van der Waals surface area contributed by atoms with Crippen LogP contribution in [-0.2, 0) is 0 Å². The van der Waals surface area contributed by atoms with E-state index in [2.05, 4.69) is 53.1 Å². The molecule has 0 aliphatic rings. The lowest BCUT2D eigenvalue weighted by Gasteiger charge is -2.12. The molecule has 0 radical (unpaired) electrons. The van der Waals surface area contributed by atoms with E-state index in [1.54, 1.807) is 4.57 Å². The molecule has 3 heterocycles. The summed E-state index contributed by atoms with van der Waals surface area (Å²) in [5.41, 5.74) is 5.32. The molecule has 0 atom stereocenters. The van der Waals surface area contributed by atoms with Gasteiger partial charge in [0.25, 0.3) is 0 Å². The molecule has 0 aliphatic carbocycles. The van der Waals surface area contributed by atoms with Crippen molar-refractivity contribution in [3.05, 3.63) is 182 Å². The van der Waals surface area contributed by atoms with Crippen molar-refractivity contribution in [1.29, 1.82) is 0 Å². The van der Waals surface area contributed by atoms with E-state index in [9.17, 15) is 2.74 Å².